The maximum Gasteiger partial charge on any atom is 0.252 e. The second-order valence-electron chi connectivity index (χ2n) is 6.43. The Labute approximate surface area is 172 Å². The third-order valence-corrected chi connectivity index (χ3v) is 6.43. The number of aliphatic hydroxyl groups is 1. The van der Waals surface area contributed by atoms with Crippen LogP contribution in [0.4, 0.5) is 4.39 Å². The second-order valence-corrected chi connectivity index (χ2v) is 8.37. The number of fused-ring (bicyclic) bond motifs is 1. The molecule has 0 saturated carbocycles. The topological polar surface area (TPSA) is 109 Å². The Kier molecular flexibility index (Phi) is 6.40. The average molecular weight is 436 g/mol. The lowest BCUT2D eigenvalue weighted by Crippen LogP contribution is -2.35. The van der Waals surface area contributed by atoms with Gasteiger partial charge in [0, 0.05) is 30.1 Å². The minimum absolute atomic E-state index is 0.138. The van der Waals surface area contributed by atoms with E-state index in [1.54, 1.807) is 18.2 Å². The number of ether oxygens (including phenoxy) is 2. The van der Waals surface area contributed by atoms with Crippen LogP contribution in [0.25, 0.3) is 10.9 Å². The van der Waals surface area contributed by atoms with Crippen molar-refractivity contribution in [1.82, 2.24) is 9.29 Å². The van der Waals surface area contributed by atoms with E-state index in [0.29, 0.717) is 22.4 Å². The van der Waals surface area contributed by atoms with Gasteiger partial charge in [-0.1, -0.05) is 0 Å². The van der Waals surface area contributed by atoms with Crippen LogP contribution in [0.3, 0.4) is 0 Å². The average Bonchev–Trinajstić information content (AvgIpc) is 2.73. The minimum atomic E-state index is -4.06. The summed E-state index contributed by atoms with van der Waals surface area (Å²) >= 11 is 0. The second kappa shape index (κ2) is 8.82. The number of H-pyrrole nitrogens is 1. The highest BCUT2D eigenvalue weighted by Gasteiger charge is 2.25. The number of hydrogen-bond acceptors (Lipinski definition) is 6. The van der Waals surface area contributed by atoms with E-state index < -0.39 is 28.0 Å². The molecule has 3 rings (SSSR count). The molecule has 0 aliphatic heterocycles. The van der Waals surface area contributed by atoms with Gasteiger partial charge in [-0.25, -0.2) is 12.8 Å². The molecule has 2 aromatic carbocycles. The molecular formula is C20H21FN2O6S. The summed E-state index contributed by atoms with van der Waals surface area (Å²) in [5, 5.41) is 9.97. The fraction of sp³-hybridized carbons (Fsp3) is 0.250. The molecule has 0 unspecified atom stereocenters. The largest absolute Gasteiger partial charge is 0.493 e. The van der Waals surface area contributed by atoms with Crippen molar-refractivity contribution in [3.63, 3.8) is 0 Å². The molecule has 8 nitrogen and oxygen atoms in total. The lowest BCUT2D eigenvalue weighted by Gasteiger charge is -2.21. The zero-order chi connectivity index (χ0) is 21.9. The van der Waals surface area contributed by atoms with Crippen molar-refractivity contribution in [2.24, 2.45) is 0 Å². The SMILES string of the molecule is COc1cc2cc(CN(CCO)S(=O)(=O)c3ccc(F)cc3)c(=O)[nH]c2cc1OC. The van der Waals surface area contributed by atoms with Gasteiger partial charge in [0.1, 0.15) is 5.82 Å². The molecular weight excluding hydrogens is 415 g/mol. The Morgan fingerprint density at radius 1 is 1.07 bits per heavy atom. The highest BCUT2D eigenvalue weighted by Crippen LogP contribution is 2.31. The number of pyridine rings is 1. The summed E-state index contributed by atoms with van der Waals surface area (Å²) in [4.78, 5) is 15.1. The van der Waals surface area contributed by atoms with Crippen molar-refractivity contribution in [2.45, 2.75) is 11.4 Å². The van der Waals surface area contributed by atoms with Gasteiger partial charge in [0.2, 0.25) is 10.0 Å². The molecule has 0 atom stereocenters. The number of aromatic amines is 1. The van der Waals surface area contributed by atoms with Crippen LogP contribution in [0.15, 0.2) is 52.2 Å². The Morgan fingerprint density at radius 2 is 1.70 bits per heavy atom. The quantitative estimate of drug-likeness (QED) is 0.558. The molecule has 1 heterocycles. The summed E-state index contributed by atoms with van der Waals surface area (Å²) in [6, 6.07) is 9.17. The first kappa shape index (κ1) is 21.8. The van der Waals surface area contributed by atoms with Crippen LogP contribution in [0, 0.1) is 5.82 Å². The van der Waals surface area contributed by atoms with E-state index in [0.717, 1.165) is 28.6 Å². The summed E-state index contributed by atoms with van der Waals surface area (Å²) in [5.74, 6) is 0.321. The number of aliphatic hydroxyl groups excluding tert-OH is 1. The number of halogens is 1. The number of nitrogens with one attached hydrogen (secondary N) is 1. The number of hydrogen-bond donors (Lipinski definition) is 2. The number of nitrogens with zero attached hydrogens (tertiary/aromatic N) is 1. The van der Waals surface area contributed by atoms with Crippen molar-refractivity contribution >= 4 is 20.9 Å². The molecule has 10 heteroatoms. The maximum atomic E-state index is 13.2. The Morgan fingerprint density at radius 3 is 2.30 bits per heavy atom. The lowest BCUT2D eigenvalue weighted by atomic mass is 10.1. The van der Waals surface area contributed by atoms with Gasteiger partial charge in [-0.2, -0.15) is 4.31 Å². The fourth-order valence-electron chi connectivity index (χ4n) is 3.04. The molecule has 0 saturated heterocycles. The third-order valence-electron chi connectivity index (χ3n) is 4.57. The van der Waals surface area contributed by atoms with Gasteiger partial charge < -0.3 is 19.6 Å². The van der Waals surface area contributed by atoms with E-state index >= 15 is 0 Å². The van der Waals surface area contributed by atoms with Crippen LogP contribution in [-0.4, -0.2) is 50.2 Å². The molecule has 1 aromatic heterocycles. The smallest absolute Gasteiger partial charge is 0.252 e. The molecule has 0 amide bonds. The fourth-order valence-corrected chi connectivity index (χ4v) is 4.45. The molecule has 2 N–H and O–H groups in total. The van der Waals surface area contributed by atoms with E-state index in [9.17, 15) is 22.7 Å². The molecule has 0 spiro atoms. The highest BCUT2D eigenvalue weighted by atomic mass is 32.2. The van der Waals surface area contributed by atoms with Crippen molar-refractivity contribution in [3.8, 4) is 11.5 Å². The number of rotatable bonds is 8. The number of benzene rings is 2. The van der Waals surface area contributed by atoms with E-state index in [-0.39, 0.29) is 23.5 Å². The van der Waals surface area contributed by atoms with Crippen LogP contribution < -0.4 is 15.0 Å². The summed E-state index contributed by atoms with van der Waals surface area (Å²) < 4.78 is 50.5. The van der Waals surface area contributed by atoms with E-state index in [1.807, 2.05) is 0 Å². The summed E-state index contributed by atoms with van der Waals surface area (Å²) in [6.07, 6.45) is 0. The summed E-state index contributed by atoms with van der Waals surface area (Å²) in [6.45, 7) is -0.958. The Hall–Kier alpha value is -2.95. The van der Waals surface area contributed by atoms with Crippen LogP contribution in [0.5, 0.6) is 11.5 Å². The molecule has 0 aliphatic carbocycles. The van der Waals surface area contributed by atoms with E-state index in [1.165, 1.54) is 14.2 Å². The van der Waals surface area contributed by atoms with Crippen LogP contribution >= 0.6 is 0 Å². The summed E-state index contributed by atoms with van der Waals surface area (Å²) in [7, 11) is -1.11. The zero-order valence-corrected chi connectivity index (χ0v) is 17.2. The Bertz CT molecular complexity index is 1210. The van der Waals surface area contributed by atoms with Gasteiger partial charge in [0.05, 0.1) is 31.2 Å². The van der Waals surface area contributed by atoms with E-state index in [2.05, 4.69) is 4.98 Å². The predicted octanol–water partition coefficient (Wildman–Crippen LogP) is 1.87. The first-order valence-corrected chi connectivity index (χ1v) is 10.4. The molecule has 0 radical (unpaired) electrons. The summed E-state index contributed by atoms with van der Waals surface area (Å²) in [5.41, 5.74) is 0.192. The van der Waals surface area contributed by atoms with Crippen LogP contribution in [-0.2, 0) is 16.6 Å². The normalized spacial score (nSPS) is 11.8. The maximum absolute atomic E-state index is 13.2. The number of aromatic nitrogens is 1. The van der Waals surface area contributed by atoms with Gasteiger partial charge >= 0.3 is 0 Å². The van der Waals surface area contributed by atoms with Gasteiger partial charge in [-0.3, -0.25) is 4.79 Å². The molecule has 30 heavy (non-hydrogen) atoms. The van der Waals surface area contributed by atoms with Crippen molar-refractivity contribution in [1.29, 1.82) is 0 Å². The minimum Gasteiger partial charge on any atom is -0.493 e. The first-order valence-electron chi connectivity index (χ1n) is 8.94. The van der Waals surface area contributed by atoms with Crippen molar-refractivity contribution < 1.29 is 27.4 Å². The third kappa shape index (κ3) is 4.30. The van der Waals surface area contributed by atoms with E-state index in [4.69, 9.17) is 9.47 Å². The van der Waals surface area contributed by atoms with Gasteiger partial charge in [-0.15, -0.1) is 0 Å². The zero-order valence-electron chi connectivity index (χ0n) is 16.4. The Balaban J connectivity index is 2.03. The monoisotopic (exact) mass is 436 g/mol. The predicted molar refractivity (Wildman–Crippen MR) is 109 cm³/mol. The molecule has 0 aliphatic rings. The number of sulfonamides is 1. The highest BCUT2D eigenvalue weighted by molar-refractivity contribution is 7.89. The molecule has 160 valence electrons. The van der Waals surface area contributed by atoms with Crippen molar-refractivity contribution in [3.05, 3.63) is 64.2 Å². The number of methoxy groups -OCH3 is 2. The van der Waals surface area contributed by atoms with Gasteiger partial charge in [-0.05, 0) is 36.4 Å². The van der Waals surface area contributed by atoms with Crippen LogP contribution in [0.2, 0.25) is 0 Å². The van der Waals surface area contributed by atoms with Gasteiger partial charge in [0.25, 0.3) is 5.56 Å². The molecule has 3 aromatic rings. The first-order chi connectivity index (χ1) is 14.3. The van der Waals surface area contributed by atoms with Crippen LogP contribution in [0.1, 0.15) is 5.56 Å². The van der Waals surface area contributed by atoms with Crippen molar-refractivity contribution in [2.75, 3.05) is 27.4 Å². The standard InChI is InChI=1S/C20H21FN2O6S/c1-28-18-10-13-9-14(20(25)22-17(13)11-19(18)29-2)12-23(7-8-24)30(26,27)16-5-3-15(21)4-6-16/h3-6,9-11,24H,7-8,12H2,1-2H3,(H,22,25). The lowest BCUT2D eigenvalue weighted by molar-refractivity contribution is 0.251. The molecule has 0 fully saturated rings. The molecule has 0 bridgehead atoms. The van der Waals surface area contributed by atoms with Gasteiger partial charge in [0.15, 0.2) is 11.5 Å².